The molecule has 3 aromatic carbocycles. The summed E-state index contributed by atoms with van der Waals surface area (Å²) in [4.78, 5) is 18.2. The maximum Gasteiger partial charge on any atom is 0.257 e. The normalized spacial score (nSPS) is 11.3. The zero-order chi connectivity index (χ0) is 24.6. The van der Waals surface area contributed by atoms with Gasteiger partial charge in [0.25, 0.3) is 5.91 Å². The number of amides is 1. The van der Waals surface area contributed by atoms with Crippen LogP contribution in [0, 0.1) is 6.92 Å². The molecule has 1 N–H and O–H groups in total. The SMILES string of the molecule is Cc1nn(C)cc1-c1cc(C(=O)Nc2ccn(Cc3cccc4ccccc34)n2)c2ccccc2n1. The Kier molecular flexibility index (Phi) is 5.30. The van der Waals surface area contributed by atoms with Gasteiger partial charge in [-0.1, -0.05) is 60.7 Å². The van der Waals surface area contributed by atoms with Crippen LogP contribution in [0.3, 0.4) is 0 Å². The fraction of sp³-hybridized carbons (Fsp3) is 0.103. The lowest BCUT2D eigenvalue weighted by molar-refractivity contribution is 0.102. The van der Waals surface area contributed by atoms with Gasteiger partial charge in [-0.05, 0) is 35.4 Å². The number of para-hydroxylation sites is 1. The fourth-order valence-corrected chi connectivity index (χ4v) is 4.66. The minimum absolute atomic E-state index is 0.230. The highest BCUT2D eigenvalue weighted by atomic mass is 16.1. The summed E-state index contributed by atoms with van der Waals surface area (Å²) in [5.74, 6) is 0.270. The van der Waals surface area contributed by atoms with E-state index in [2.05, 4.69) is 45.8 Å². The Bertz CT molecular complexity index is 1740. The van der Waals surface area contributed by atoms with Gasteiger partial charge in [-0.2, -0.15) is 10.2 Å². The summed E-state index contributed by atoms with van der Waals surface area (Å²) >= 11 is 0. The Morgan fingerprint density at radius 2 is 1.69 bits per heavy atom. The molecule has 0 aliphatic carbocycles. The van der Waals surface area contributed by atoms with E-state index in [1.165, 1.54) is 16.3 Å². The second kappa shape index (κ2) is 8.78. The summed E-state index contributed by atoms with van der Waals surface area (Å²) < 4.78 is 3.59. The van der Waals surface area contributed by atoms with Crippen LogP contribution in [0.4, 0.5) is 5.82 Å². The van der Waals surface area contributed by atoms with Gasteiger partial charge in [0, 0.05) is 36.5 Å². The molecule has 3 aromatic heterocycles. The lowest BCUT2D eigenvalue weighted by atomic mass is 10.0. The van der Waals surface area contributed by atoms with Crippen molar-refractivity contribution in [2.24, 2.45) is 7.05 Å². The molecule has 0 aliphatic rings. The number of pyridine rings is 1. The number of aryl methyl sites for hydroxylation is 2. The van der Waals surface area contributed by atoms with Gasteiger partial charge in [0.15, 0.2) is 5.82 Å². The van der Waals surface area contributed by atoms with E-state index in [1.54, 1.807) is 4.68 Å². The van der Waals surface area contributed by atoms with E-state index in [1.807, 2.05) is 79.6 Å². The Labute approximate surface area is 208 Å². The molecular weight excluding hydrogens is 448 g/mol. The van der Waals surface area contributed by atoms with Gasteiger partial charge in [-0.3, -0.25) is 14.2 Å². The van der Waals surface area contributed by atoms with Gasteiger partial charge >= 0.3 is 0 Å². The maximum absolute atomic E-state index is 13.4. The van der Waals surface area contributed by atoms with Crippen LogP contribution in [0.1, 0.15) is 21.6 Å². The van der Waals surface area contributed by atoms with Gasteiger partial charge in [0.2, 0.25) is 0 Å². The Morgan fingerprint density at radius 3 is 2.53 bits per heavy atom. The standard InChI is InChI=1S/C29H24N6O/c1-19-25(18-34(2)32-19)27-16-24(23-12-5-6-13-26(23)30-27)29(36)31-28-14-15-35(33-28)17-21-10-7-9-20-8-3-4-11-22(20)21/h3-16,18H,17H2,1-2H3,(H,31,33,36). The topological polar surface area (TPSA) is 77.6 Å². The molecule has 0 unspecified atom stereocenters. The Balaban J connectivity index is 1.30. The number of aromatic nitrogens is 5. The number of nitrogens with one attached hydrogen (secondary N) is 1. The van der Waals surface area contributed by atoms with Crippen molar-refractivity contribution >= 4 is 33.4 Å². The molecular formula is C29H24N6O. The average Bonchev–Trinajstić information content (AvgIpc) is 3.48. The first-order valence-corrected chi connectivity index (χ1v) is 11.8. The van der Waals surface area contributed by atoms with Gasteiger partial charge in [-0.15, -0.1) is 0 Å². The second-order valence-electron chi connectivity index (χ2n) is 8.87. The van der Waals surface area contributed by atoms with Crippen LogP contribution in [-0.2, 0) is 13.6 Å². The molecule has 0 saturated heterocycles. The van der Waals surface area contributed by atoms with Crippen LogP contribution in [0.5, 0.6) is 0 Å². The number of nitrogens with zero attached hydrogens (tertiary/aromatic N) is 5. The predicted octanol–water partition coefficient (Wildman–Crippen LogP) is 5.59. The summed E-state index contributed by atoms with van der Waals surface area (Å²) in [6, 6.07) is 25.9. The minimum atomic E-state index is -0.230. The lowest BCUT2D eigenvalue weighted by Gasteiger charge is -2.09. The van der Waals surface area contributed by atoms with E-state index in [0.29, 0.717) is 23.6 Å². The molecule has 0 saturated carbocycles. The fourth-order valence-electron chi connectivity index (χ4n) is 4.66. The number of hydrogen-bond donors (Lipinski definition) is 1. The molecule has 0 radical (unpaired) electrons. The highest BCUT2D eigenvalue weighted by Gasteiger charge is 2.17. The number of hydrogen-bond acceptors (Lipinski definition) is 4. The van der Waals surface area contributed by atoms with Crippen molar-refractivity contribution in [1.29, 1.82) is 0 Å². The third-order valence-corrected chi connectivity index (χ3v) is 6.34. The van der Waals surface area contributed by atoms with Crippen LogP contribution in [0.2, 0.25) is 0 Å². The van der Waals surface area contributed by atoms with Crippen LogP contribution in [-0.4, -0.2) is 30.5 Å². The van der Waals surface area contributed by atoms with Crippen molar-refractivity contribution in [2.45, 2.75) is 13.5 Å². The van der Waals surface area contributed by atoms with E-state index in [-0.39, 0.29) is 5.91 Å². The summed E-state index contributed by atoms with van der Waals surface area (Å²) in [5, 5.41) is 15.2. The number of anilines is 1. The summed E-state index contributed by atoms with van der Waals surface area (Å²) in [7, 11) is 1.87. The van der Waals surface area contributed by atoms with Gasteiger partial charge in [-0.25, -0.2) is 4.98 Å². The molecule has 3 heterocycles. The largest absolute Gasteiger partial charge is 0.305 e. The molecule has 1 amide bonds. The van der Waals surface area contributed by atoms with Gasteiger partial charge in [0.1, 0.15) is 0 Å². The molecule has 0 spiro atoms. The first kappa shape index (κ1) is 21.7. The quantitative estimate of drug-likeness (QED) is 0.355. The van der Waals surface area contributed by atoms with E-state index in [9.17, 15) is 4.79 Å². The molecule has 6 aromatic rings. The number of benzene rings is 3. The Hall–Kier alpha value is -4.78. The predicted molar refractivity (Wildman–Crippen MR) is 142 cm³/mol. The zero-order valence-corrected chi connectivity index (χ0v) is 20.0. The molecule has 7 heteroatoms. The molecule has 6 rings (SSSR count). The number of rotatable bonds is 5. The second-order valence-corrected chi connectivity index (χ2v) is 8.87. The van der Waals surface area contributed by atoms with Crippen molar-refractivity contribution < 1.29 is 4.79 Å². The maximum atomic E-state index is 13.4. The summed E-state index contributed by atoms with van der Waals surface area (Å²) in [5.41, 5.74) is 4.94. The van der Waals surface area contributed by atoms with Gasteiger partial charge in [0.05, 0.1) is 29.0 Å². The number of fused-ring (bicyclic) bond motifs is 2. The zero-order valence-electron chi connectivity index (χ0n) is 20.0. The highest BCUT2D eigenvalue weighted by molar-refractivity contribution is 6.12. The smallest absolute Gasteiger partial charge is 0.257 e. The van der Waals surface area contributed by atoms with E-state index >= 15 is 0 Å². The van der Waals surface area contributed by atoms with Crippen molar-refractivity contribution in [1.82, 2.24) is 24.5 Å². The van der Waals surface area contributed by atoms with E-state index in [4.69, 9.17) is 4.98 Å². The highest BCUT2D eigenvalue weighted by Crippen LogP contribution is 2.27. The van der Waals surface area contributed by atoms with Crippen LogP contribution in [0.15, 0.2) is 91.3 Å². The number of carbonyl (C=O) groups is 1. The van der Waals surface area contributed by atoms with E-state index < -0.39 is 0 Å². The molecule has 0 bridgehead atoms. The van der Waals surface area contributed by atoms with Crippen molar-refractivity contribution in [3.8, 4) is 11.3 Å². The van der Waals surface area contributed by atoms with Crippen LogP contribution in [0.25, 0.3) is 32.9 Å². The molecule has 7 nitrogen and oxygen atoms in total. The molecule has 0 atom stereocenters. The van der Waals surface area contributed by atoms with Crippen LogP contribution >= 0.6 is 0 Å². The summed E-state index contributed by atoms with van der Waals surface area (Å²) in [6.45, 7) is 2.55. The van der Waals surface area contributed by atoms with Crippen molar-refractivity contribution in [3.63, 3.8) is 0 Å². The molecule has 0 aliphatic heterocycles. The van der Waals surface area contributed by atoms with E-state index in [0.717, 1.165) is 22.2 Å². The average molecular weight is 473 g/mol. The third kappa shape index (κ3) is 4.01. The van der Waals surface area contributed by atoms with Gasteiger partial charge < -0.3 is 5.32 Å². The minimum Gasteiger partial charge on any atom is -0.305 e. The van der Waals surface area contributed by atoms with Crippen molar-refractivity contribution in [2.75, 3.05) is 5.32 Å². The first-order chi connectivity index (χ1) is 17.5. The van der Waals surface area contributed by atoms with Crippen molar-refractivity contribution in [3.05, 3.63) is 108 Å². The monoisotopic (exact) mass is 472 g/mol. The molecule has 0 fully saturated rings. The van der Waals surface area contributed by atoms with Crippen LogP contribution < -0.4 is 5.32 Å². The Morgan fingerprint density at radius 1 is 0.917 bits per heavy atom. The molecule has 36 heavy (non-hydrogen) atoms. The lowest BCUT2D eigenvalue weighted by Crippen LogP contribution is -2.14. The third-order valence-electron chi connectivity index (χ3n) is 6.34. The summed E-state index contributed by atoms with van der Waals surface area (Å²) in [6.07, 6.45) is 3.80. The number of carbonyl (C=O) groups excluding carboxylic acids is 1. The molecule has 176 valence electrons. The first-order valence-electron chi connectivity index (χ1n) is 11.8.